The van der Waals surface area contributed by atoms with Crippen LogP contribution in [0.5, 0.6) is 0 Å². The van der Waals surface area contributed by atoms with Crippen molar-refractivity contribution in [2.75, 3.05) is 40.0 Å². The summed E-state index contributed by atoms with van der Waals surface area (Å²) >= 11 is 0. The van der Waals surface area contributed by atoms with Crippen molar-refractivity contribution in [1.82, 2.24) is 10.6 Å². The van der Waals surface area contributed by atoms with Gasteiger partial charge in [0.25, 0.3) is 0 Å². The molecule has 3 rings (SSSR count). The van der Waals surface area contributed by atoms with Gasteiger partial charge in [-0.05, 0) is 30.9 Å². The van der Waals surface area contributed by atoms with Gasteiger partial charge in [0.05, 0.1) is 18.4 Å². The standard InChI is InChI=1S/C21H35N3O3/c1-25-21(10-14-26-15-11-21)17-24-20(22-12-9-19-8-5-13-27-19)23-16-18-6-3-2-4-7-18/h5,8,13,18H,2-4,6-7,9-12,14-17H2,1H3,(H2,22,23,24). The van der Waals surface area contributed by atoms with Gasteiger partial charge in [-0.15, -0.1) is 0 Å². The van der Waals surface area contributed by atoms with E-state index >= 15 is 0 Å². The molecule has 152 valence electrons. The number of hydrogen-bond donors (Lipinski definition) is 2. The van der Waals surface area contributed by atoms with Gasteiger partial charge < -0.3 is 24.5 Å². The zero-order valence-corrected chi connectivity index (χ0v) is 16.7. The van der Waals surface area contributed by atoms with E-state index in [0.717, 1.165) is 63.2 Å². The number of methoxy groups -OCH3 is 1. The molecule has 1 aromatic heterocycles. The van der Waals surface area contributed by atoms with E-state index < -0.39 is 0 Å². The number of hydrogen-bond acceptors (Lipinski definition) is 4. The third kappa shape index (κ3) is 6.54. The predicted octanol–water partition coefficient (Wildman–Crippen LogP) is 3.13. The van der Waals surface area contributed by atoms with Crippen LogP contribution in [0.2, 0.25) is 0 Å². The molecule has 1 saturated carbocycles. The van der Waals surface area contributed by atoms with Crippen molar-refractivity contribution >= 4 is 5.96 Å². The molecule has 0 atom stereocenters. The Morgan fingerprint density at radius 1 is 1.22 bits per heavy atom. The molecular weight excluding hydrogens is 342 g/mol. The van der Waals surface area contributed by atoms with Crippen molar-refractivity contribution in [3.8, 4) is 0 Å². The van der Waals surface area contributed by atoms with Crippen molar-refractivity contribution in [3.05, 3.63) is 24.2 Å². The SMILES string of the molecule is COC1(CN=C(NCCc2ccco2)NCC2CCCCC2)CCOCC1. The summed E-state index contributed by atoms with van der Waals surface area (Å²) in [6.07, 6.45) is 11.1. The molecule has 6 nitrogen and oxygen atoms in total. The van der Waals surface area contributed by atoms with Crippen molar-refractivity contribution in [3.63, 3.8) is 0 Å². The van der Waals surface area contributed by atoms with E-state index in [1.54, 1.807) is 13.4 Å². The number of ether oxygens (including phenoxy) is 2. The van der Waals surface area contributed by atoms with Crippen LogP contribution in [0.15, 0.2) is 27.8 Å². The van der Waals surface area contributed by atoms with E-state index in [1.807, 2.05) is 12.1 Å². The van der Waals surface area contributed by atoms with Crippen LogP contribution < -0.4 is 10.6 Å². The molecule has 0 spiro atoms. The molecule has 0 radical (unpaired) electrons. The zero-order chi connectivity index (χ0) is 18.8. The molecular formula is C21H35N3O3. The highest BCUT2D eigenvalue weighted by Gasteiger charge is 2.32. The maximum atomic E-state index is 5.83. The fourth-order valence-electron chi connectivity index (χ4n) is 3.96. The van der Waals surface area contributed by atoms with Gasteiger partial charge in [-0.1, -0.05) is 19.3 Å². The highest BCUT2D eigenvalue weighted by molar-refractivity contribution is 5.79. The number of aliphatic imine (C=N–C) groups is 1. The van der Waals surface area contributed by atoms with Crippen molar-refractivity contribution in [2.24, 2.45) is 10.9 Å². The van der Waals surface area contributed by atoms with Crippen LogP contribution in [0.4, 0.5) is 0 Å². The molecule has 0 bridgehead atoms. The van der Waals surface area contributed by atoms with Crippen LogP contribution in [0.25, 0.3) is 0 Å². The molecule has 0 aromatic carbocycles. The molecule has 27 heavy (non-hydrogen) atoms. The van der Waals surface area contributed by atoms with Crippen molar-refractivity contribution in [1.29, 1.82) is 0 Å². The maximum Gasteiger partial charge on any atom is 0.191 e. The quantitative estimate of drug-likeness (QED) is 0.538. The van der Waals surface area contributed by atoms with Crippen molar-refractivity contribution < 1.29 is 13.9 Å². The van der Waals surface area contributed by atoms with Crippen LogP contribution in [-0.4, -0.2) is 51.5 Å². The normalized spacial score (nSPS) is 21.1. The first-order valence-corrected chi connectivity index (χ1v) is 10.5. The Kier molecular flexibility index (Phi) is 8.02. The first-order valence-electron chi connectivity index (χ1n) is 10.5. The number of guanidine groups is 1. The van der Waals surface area contributed by atoms with Crippen LogP contribution in [0, 0.1) is 5.92 Å². The van der Waals surface area contributed by atoms with Gasteiger partial charge in [0.15, 0.2) is 5.96 Å². The fraction of sp³-hybridized carbons (Fsp3) is 0.762. The number of nitrogens with zero attached hydrogens (tertiary/aromatic N) is 1. The highest BCUT2D eigenvalue weighted by atomic mass is 16.5. The minimum atomic E-state index is -0.196. The lowest BCUT2D eigenvalue weighted by molar-refractivity contribution is -0.0828. The minimum absolute atomic E-state index is 0.196. The Balaban J connectivity index is 1.54. The van der Waals surface area contributed by atoms with Crippen LogP contribution in [-0.2, 0) is 15.9 Å². The van der Waals surface area contributed by atoms with E-state index in [1.165, 1.54) is 32.1 Å². The smallest absolute Gasteiger partial charge is 0.191 e. The second-order valence-electron chi connectivity index (χ2n) is 7.81. The van der Waals surface area contributed by atoms with Gasteiger partial charge in [0.1, 0.15) is 5.76 Å². The Morgan fingerprint density at radius 3 is 2.74 bits per heavy atom. The summed E-state index contributed by atoms with van der Waals surface area (Å²) in [7, 11) is 1.79. The van der Waals surface area contributed by atoms with Gasteiger partial charge in [0, 0.05) is 52.7 Å². The van der Waals surface area contributed by atoms with E-state index in [2.05, 4.69) is 10.6 Å². The molecule has 6 heteroatoms. The predicted molar refractivity (Wildman–Crippen MR) is 107 cm³/mol. The summed E-state index contributed by atoms with van der Waals surface area (Å²) in [6, 6.07) is 3.94. The third-order valence-corrected chi connectivity index (χ3v) is 5.89. The van der Waals surface area contributed by atoms with Gasteiger partial charge in [0.2, 0.25) is 0 Å². The number of rotatable bonds is 8. The average molecular weight is 378 g/mol. The lowest BCUT2D eigenvalue weighted by Gasteiger charge is -2.34. The first kappa shape index (κ1) is 20.2. The van der Waals surface area contributed by atoms with Gasteiger partial charge in [-0.25, -0.2) is 0 Å². The van der Waals surface area contributed by atoms with Gasteiger partial charge in [-0.3, -0.25) is 4.99 Å². The molecule has 1 saturated heterocycles. The third-order valence-electron chi connectivity index (χ3n) is 5.89. The molecule has 2 N–H and O–H groups in total. The topological polar surface area (TPSA) is 68.0 Å². The zero-order valence-electron chi connectivity index (χ0n) is 16.7. The molecule has 2 heterocycles. The second-order valence-corrected chi connectivity index (χ2v) is 7.81. The molecule has 1 aliphatic heterocycles. The first-order chi connectivity index (χ1) is 13.3. The fourth-order valence-corrected chi connectivity index (χ4v) is 3.96. The molecule has 0 amide bonds. The van der Waals surface area contributed by atoms with Crippen LogP contribution in [0.3, 0.4) is 0 Å². The lowest BCUT2D eigenvalue weighted by Crippen LogP contribution is -2.45. The second kappa shape index (κ2) is 10.7. The van der Waals surface area contributed by atoms with Gasteiger partial charge in [-0.2, -0.15) is 0 Å². The summed E-state index contributed by atoms with van der Waals surface area (Å²) in [4.78, 5) is 4.88. The Bertz CT molecular complexity index is 547. The lowest BCUT2D eigenvalue weighted by atomic mass is 9.89. The van der Waals surface area contributed by atoms with E-state index in [9.17, 15) is 0 Å². The summed E-state index contributed by atoms with van der Waals surface area (Å²) in [5, 5.41) is 7.04. The van der Waals surface area contributed by atoms with E-state index in [4.69, 9.17) is 18.9 Å². The highest BCUT2D eigenvalue weighted by Crippen LogP contribution is 2.25. The molecule has 2 fully saturated rings. The molecule has 0 unspecified atom stereocenters. The summed E-state index contributed by atoms with van der Waals surface area (Å²) in [6.45, 7) is 3.95. The van der Waals surface area contributed by atoms with Crippen molar-refractivity contribution in [2.45, 2.75) is 57.0 Å². The van der Waals surface area contributed by atoms with Crippen LogP contribution >= 0.6 is 0 Å². The Labute approximate surface area is 163 Å². The van der Waals surface area contributed by atoms with E-state index in [-0.39, 0.29) is 5.60 Å². The average Bonchev–Trinajstić information content (AvgIpc) is 3.24. The van der Waals surface area contributed by atoms with E-state index in [0.29, 0.717) is 6.54 Å². The van der Waals surface area contributed by atoms with Crippen LogP contribution in [0.1, 0.15) is 50.7 Å². The summed E-state index contributed by atoms with van der Waals surface area (Å²) in [5.41, 5.74) is -0.196. The molecule has 1 aromatic rings. The molecule has 1 aliphatic carbocycles. The number of furan rings is 1. The number of nitrogens with one attached hydrogen (secondary N) is 2. The molecule has 2 aliphatic rings. The Hall–Kier alpha value is -1.53. The Morgan fingerprint density at radius 2 is 2.04 bits per heavy atom. The maximum absolute atomic E-state index is 5.83. The monoisotopic (exact) mass is 377 g/mol. The summed E-state index contributed by atoms with van der Waals surface area (Å²) in [5.74, 6) is 2.64. The summed E-state index contributed by atoms with van der Waals surface area (Å²) < 4.78 is 16.8. The van der Waals surface area contributed by atoms with Gasteiger partial charge >= 0.3 is 0 Å². The minimum Gasteiger partial charge on any atom is -0.469 e. The largest absolute Gasteiger partial charge is 0.469 e.